The lowest BCUT2D eigenvalue weighted by Crippen LogP contribution is -2.64. The lowest BCUT2D eigenvalue weighted by atomic mass is 9.93. The molecule has 3 rings (SSSR count). The van der Waals surface area contributed by atoms with Crippen molar-refractivity contribution < 1.29 is 33.6 Å². The van der Waals surface area contributed by atoms with Crippen LogP contribution in [0.15, 0.2) is 0 Å². The molecule has 9 heteroatoms. The zero-order valence-electron chi connectivity index (χ0n) is 14.1. The standard InChI is InChI=1S/C16H28F2N2O5/c17-10-3-1-8(5-12(10)21)24-15-14(23)16(20-7-19-15)25-9-2-4-11(18)13(22)6-9/h8-16,19-23H,1-7H2. The van der Waals surface area contributed by atoms with Crippen LogP contribution in [0.2, 0.25) is 0 Å². The summed E-state index contributed by atoms with van der Waals surface area (Å²) in [6, 6.07) is 0. The van der Waals surface area contributed by atoms with E-state index in [2.05, 4.69) is 10.6 Å². The molecule has 0 aromatic rings. The predicted molar refractivity (Wildman–Crippen MR) is 84.0 cm³/mol. The first-order valence-corrected chi connectivity index (χ1v) is 9.04. The van der Waals surface area contributed by atoms with Crippen molar-refractivity contribution in [2.45, 2.75) is 93.8 Å². The molecule has 25 heavy (non-hydrogen) atoms. The highest BCUT2D eigenvalue weighted by molar-refractivity contribution is 4.87. The third-order valence-corrected chi connectivity index (χ3v) is 5.28. The van der Waals surface area contributed by atoms with Crippen LogP contribution in [0.4, 0.5) is 8.78 Å². The van der Waals surface area contributed by atoms with Crippen LogP contribution in [0, 0.1) is 0 Å². The van der Waals surface area contributed by atoms with E-state index >= 15 is 0 Å². The van der Waals surface area contributed by atoms with E-state index in [1.807, 2.05) is 0 Å². The summed E-state index contributed by atoms with van der Waals surface area (Å²) in [5, 5.41) is 35.7. The van der Waals surface area contributed by atoms with Crippen molar-refractivity contribution in [1.29, 1.82) is 0 Å². The van der Waals surface area contributed by atoms with Crippen molar-refractivity contribution in [1.82, 2.24) is 10.6 Å². The molecule has 8 unspecified atom stereocenters. The third-order valence-electron chi connectivity index (χ3n) is 5.28. The molecule has 1 saturated heterocycles. The van der Waals surface area contributed by atoms with Gasteiger partial charge in [-0.3, -0.25) is 10.6 Å². The summed E-state index contributed by atoms with van der Waals surface area (Å²) in [7, 11) is 0. The van der Waals surface area contributed by atoms with Gasteiger partial charge in [0.15, 0.2) is 0 Å². The van der Waals surface area contributed by atoms with Gasteiger partial charge in [0, 0.05) is 19.5 Å². The summed E-state index contributed by atoms with van der Waals surface area (Å²) in [5.74, 6) is 0. The van der Waals surface area contributed by atoms with E-state index in [1.165, 1.54) is 0 Å². The molecule has 1 aliphatic heterocycles. The maximum absolute atomic E-state index is 13.3. The van der Waals surface area contributed by atoms with Crippen LogP contribution in [-0.2, 0) is 9.47 Å². The van der Waals surface area contributed by atoms with Crippen LogP contribution in [0.3, 0.4) is 0 Å². The van der Waals surface area contributed by atoms with Gasteiger partial charge >= 0.3 is 0 Å². The number of hydrogen-bond donors (Lipinski definition) is 5. The summed E-state index contributed by atoms with van der Waals surface area (Å²) < 4.78 is 38.3. The van der Waals surface area contributed by atoms with Gasteiger partial charge in [0.05, 0.1) is 24.4 Å². The average Bonchev–Trinajstić information content (AvgIpc) is 2.58. The Morgan fingerprint density at radius 1 is 0.720 bits per heavy atom. The van der Waals surface area contributed by atoms with Gasteiger partial charge in [0.2, 0.25) is 0 Å². The van der Waals surface area contributed by atoms with E-state index < -0.39 is 43.1 Å². The van der Waals surface area contributed by atoms with E-state index in [0.717, 1.165) is 0 Å². The first-order chi connectivity index (χ1) is 11.9. The molecular formula is C16H28F2N2O5. The Morgan fingerprint density at radius 3 is 1.56 bits per heavy atom. The number of halogens is 2. The molecule has 7 nitrogen and oxygen atoms in total. The summed E-state index contributed by atoms with van der Waals surface area (Å²) in [6.45, 7) is 0.342. The molecule has 146 valence electrons. The van der Waals surface area contributed by atoms with Crippen molar-refractivity contribution in [2.24, 2.45) is 0 Å². The summed E-state index contributed by atoms with van der Waals surface area (Å²) in [6.07, 6.45) is -5.82. The minimum Gasteiger partial charge on any atom is -0.390 e. The average molecular weight is 366 g/mol. The normalized spacial score (nSPS) is 49.1. The molecule has 0 bridgehead atoms. The van der Waals surface area contributed by atoms with E-state index in [9.17, 15) is 24.1 Å². The molecule has 3 aliphatic rings. The molecule has 0 spiro atoms. The molecule has 0 radical (unpaired) electrons. The molecule has 2 saturated carbocycles. The number of ether oxygens (including phenoxy) is 2. The number of rotatable bonds is 4. The molecule has 0 aromatic heterocycles. The van der Waals surface area contributed by atoms with Gasteiger partial charge in [0.25, 0.3) is 0 Å². The second-order valence-electron chi connectivity index (χ2n) is 7.23. The van der Waals surface area contributed by atoms with Crippen molar-refractivity contribution in [3.8, 4) is 0 Å². The summed E-state index contributed by atoms with van der Waals surface area (Å²) in [5.41, 5.74) is 0. The number of hydrogen-bond acceptors (Lipinski definition) is 7. The van der Waals surface area contributed by atoms with Crippen molar-refractivity contribution in [3.05, 3.63) is 0 Å². The fraction of sp³-hybridized carbons (Fsp3) is 1.00. The number of aliphatic hydroxyl groups excluding tert-OH is 3. The lowest BCUT2D eigenvalue weighted by molar-refractivity contribution is -0.198. The molecule has 0 aromatic carbocycles. The van der Waals surface area contributed by atoms with Crippen LogP contribution in [0.25, 0.3) is 0 Å². The van der Waals surface area contributed by atoms with Crippen LogP contribution in [0.5, 0.6) is 0 Å². The van der Waals surface area contributed by atoms with E-state index in [0.29, 0.717) is 19.5 Å². The highest BCUT2D eigenvalue weighted by Gasteiger charge is 2.39. The Balaban J connectivity index is 1.50. The summed E-state index contributed by atoms with van der Waals surface area (Å²) >= 11 is 0. The monoisotopic (exact) mass is 366 g/mol. The predicted octanol–water partition coefficient (Wildman–Crippen LogP) is -0.314. The first-order valence-electron chi connectivity index (χ1n) is 9.04. The van der Waals surface area contributed by atoms with Crippen LogP contribution >= 0.6 is 0 Å². The minimum atomic E-state index is -1.22. The molecular weight excluding hydrogens is 338 g/mol. The highest BCUT2D eigenvalue weighted by Crippen LogP contribution is 2.28. The van der Waals surface area contributed by atoms with Crippen molar-refractivity contribution >= 4 is 0 Å². The minimum absolute atomic E-state index is 0.192. The zero-order chi connectivity index (χ0) is 18.0. The molecule has 5 N–H and O–H groups in total. The lowest BCUT2D eigenvalue weighted by Gasteiger charge is -2.41. The molecule has 0 amide bonds. The van der Waals surface area contributed by atoms with Gasteiger partial charge in [-0.2, -0.15) is 0 Å². The first kappa shape index (κ1) is 19.3. The molecule has 8 atom stereocenters. The summed E-state index contributed by atoms with van der Waals surface area (Å²) in [4.78, 5) is 0. The van der Waals surface area contributed by atoms with Crippen LogP contribution in [-0.4, -0.2) is 77.3 Å². The molecule has 2 aliphatic carbocycles. The zero-order valence-corrected chi connectivity index (χ0v) is 14.1. The van der Waals surface area contributed by atoms with Crippen LogP contribution < -0.4 is 10.6 Å². The maximum Gasteiger partial charge on any atom is 0.139 e. The van der Waals surface area contributed by atoms with Gasteiger partial charge in [-0.25, -0.2) is 8.78 Å². The maximum atomic E-state index is 13.3. The van der Waals surface area contributed by atoms with E-state index in [-0.39, 0.29) is 37.9 Å². The SMILES string of the molecule is OC1CC(OC2NCNC(OC3CCC(F)C(O)C3)C2O)CCC1F. The van der Waals surface area contributed by atoms with Gasteiger partial charge < -0.3 is 24.8 Å². The van der Waals surface area contributed by atoms with E-state index in [1.54, 1.807) is 0 Å². The fourth-order valence-corrected chi connectivity index (χ4v) is 3.72. The van der Waals surface area contributed by atoms with E-state index in [4.69, 9.17) is 9.47 Å². The smallest absolute Gasteiger partial charge is 0.139 e. The van der Waals surface area contributed by atoms with Gasteiger partial charge in [-0.1, -0.05) is 0 Å². The van der Waals surface area contributed by atoms with Gasteiger partial charge in [0.1, 0.15) is 30.9 Å². The van der Waals surface area contributed by atoms with Crippen molar-refractivity contribution in [3.63, 3.8) is 0 Å². The Hall–Kier alpha value is -0.420. The molecule has 1 heterocycles. The topological polar surface area (TPSA) is 103 Å². The quantitative estimate of drug-likeness (QED) is 0.465. The number of alkyl halides is 2. The fourth-order valence-electron chi connectivity index (χ4n) is 3.72. The second-order valence-corrected chi connectivity index (χ2v) is 7.23. The Kier molecular flexibility index (Phi) is 6.59. The van der Waals surface area contributed by atoms with Gasteiger partial charge in [-0.05, 0) is 25.7 Å². The third kappa shape index (κ3) is 4.85. The van der Waals surface area contributed by atoms with Crippen LogP contribution in [0.1, 0.15) is 38.5 Å². The number of aliphatic hydroxyl groups is 3. The van der Waals surface area contributed by atoms with Gasteiger partial charge in [-0.15, -0.1) is 0 Å². The number of nitrogens with one attached hydrogen (secondary N) is 2. The molecule has 3 fully saturated rings. The largest absolute Gasteiger partial charge is 0.390 e. The Labute approximate surface area is 145 Å². The van der Waals surface area contributed by atoms with Crippen molar-refractivity contribution in [2.75, 3.05) is 6.67 Å². The Bertz CT molecular complexity index is 399. The highest BCUT2D eigenvalue weighted by atomic mass is 19.1. The second kappa shape index (κ2) is 8.51. The Morgan fingerprint density at radius 2 is 1.16 bits per heavy atom.